The first-order valence-electron chi connectivity index (χ1n) is 21.8. The first kappa shape index (κ1) is 48.0. The summed E-state index contributed by atoms with van der Waals surface area (Å²) in [6, 6.07) is 30.2. The van der Waals surface area contributed by atoms with Crippen LogP contribution >= 0.6 is 11.6 Å². The first-order chi connectivity index (χ1) is 31.7. The van der Waals surface area contributed by atoms with Gasteiger partial charge in [-0.25, -0.2) is 4.90 Å². The second-order valence-corrected chi connectivity index (χ2v) is 22.9. The Hall–Kier alpha value is -5.52. The summed E-state index contributed by atoms with van der Waals surface area (Å²) in [5.41, 5.74) is -1.13. The number of rotatable bonds is 11. The van der Waals surface area contributed by atoms with E-state index in [-0.39, 0.29) is 49.0 Å². The van der Waals surface area contributed by atoms with Crippen molar-refractivity contribution in [1.82, 2.24) is 4.98 Å². The molecule has 2 saturated heterocycles. The Balaban J connectivity index is 1.25. The molecule has 0 spiro atoms. The number of carbonyl (C=O) groups is 2. The SMILES string of the molecule is CC(C)(C)[Si](OCC1=C2[C@@H](CC/C(=C/c3ccc(O)cc3Cl)c3ccccn3)OB(O)C[C@@H]2[C@@H]2C(=O)N(c3cc(C(F)(F)F)cc(C(F)(F)F)c3)C(=O)[C@@H]2C1)(c1ccccc1)c1ccccc1. The second-order valence-electron chi connectivity index (χ2n) is 18.2. The molecule has 348 valence electrons. The molecule has 8 rings (SSSR count). The smallest absolute Gasteiger partial charge is 0.455 e. The van der Waals surface area contributed by atoms with E-state index in [1.165, 1.54) is 12.1 Å². The number of alkyl halides is 6. The second kappa shape index (κ2) is 18.5. The minimum atomic E-state index is -5.23. The summed E-state index contributed by atoms with van der Waals surface area (Å²) in [6.07, 6.45) is -7.78. The number of benzene rings is 4. The molecule has 2 fully saturated rings. The van der Waals surface area contributed by atoms with Crippen LogP contribution in [0.3, 0.4) is 0 Å². The highest BCUT2D eigenvalue weighted by Crippen LogP contribution is 2.53. The van der Waals surface area contributed by atoms with Crippen molar-refractivity contribution in [3.8, 4) is 5.75 Å². The summed E-state index contributed by atoms with van der Waals surface area (Å²) in [4.78, 5) is 34.3. The Morgan fingerprint density at radius 3 is 2.01 bits per heavy atom. The Morgan fingerprint density at radius 2 is 1.46 bits per heavy atom. The number of hydrogen-bond acceptors (Lipinski definition) is 7. The number of fused-ring (bicyclic) bond motifs is 3. The maximum Gasteiger partial charge on any atom is 0.455 e. The minimum Gasteiger partial charge on any atom is -0.508 e. The van der Waals surface area contributed by atoms with Gasteiger partial charge in [-0.1, -0.05) is 99.1 Å². The maximum absolute atomic E-state index is 14.7. The van der Waals surface area contributed by atoms with Crippen molar-refractivity contribution < 1.29 is 55.1 Å². The van der Waals surface area contributed by atoms with Crippen LogP contribution in [0, 0.1) is 17.8 Å². The molecule has 2 amide bonds. The van der Waals surface area contributed by atoms with Crippen LogP contribution in [-0.4, -0.2) is 55.1 Å². The standard InChI is InChI=1S/C50H46BClF6N2O6Si/c1-48(2,3)67(37-12-6-4-7-13-37,38-14-8-5-9-15-38)65-29-32-23-39-45(47(63)60(46(39)62)35-25-33(49(53,54)55)24-34(26-35)50(56,57)58)40-28-51(64)66-43(44(32)40)20-18-31(42-16-10-11-21-59-42)22-30-17-19-36(61)27-41(30)52/h4-17,19,21-22,24-27,39-40,43,45,61,64H,18,20,23,28-29H2,1-3H3/b31-22-/t39-,40+,43-,45-/m1/s1. The van der Waals surface area contributed by atoms with Gasteiger partial charge in [-0.3, -0.25) is 14.6 Å². The van der Waals surface area contributed by atoms with E-state index in [1.54, 1.807) is 18.3 Å². The van der Waals surface area contributed by atoms with Crippen LogP contribution in [0.5, 0.6) is 5.75 Å². The molecule has 5 aromatic rings. The number of aromatic nitrogens is 1. The van der Waals surface area contributed by atoms with E-state index in [9.17, 15) is 46.1 Å². The van der Waals surface area contributed by atoms with Crippen molar-refractivity contribution in [1.29, 1.82) is 0 Å². The molecule has 4 aromatic carbocycles. The molecule has 3 heterocycles. The van der Waals surface area contributed by atoms with Crippen molar-refractivity contribution >= 4 is 66.6 Å². The zero-order valence-corrected chi connectivity index (χ0v) is 38.4. The third-order valence-corrected chi connectivity index (χ3v) is 18.3. The van der Waals surface area contributed by atoms with Gasteiger partial charge in [0, 0.05) is 6.20 Å². The number of carbonyl (C=O) groups excluding carboxylic acids is 2. The Morgan fingerprint density at radius 1 is 0.851 bits per heavy atom. The molecule has 0 bridgehead atoms. The van der Waals surface area contributed by atoms with Gasteiger partial charge in [0.05, 0.1) is 52.1 Å². The number of pyridine rings is 1. The fourth-order valence-corrected chi connectivity index (χ4v) is 14.9. The third-order valence-electron chi connectivity index (χ3n) is 13.0. The highest BCUT2D eigenvalue weighted by Gasteiger charge is 2.59. The van der Waals surface area contributed by atoms with Crippen LogP contribution in [0.4, 0.5) is 32.0 Å². The summed E-state index contributed by atoms with van der Waals surface area (Å²) >= 11 is 6.55. The normalized spacial score (nSPS) is 20.6. The van der Waals surface area contributed by atoms with Crippen LogP contribution in [0.1, 0.15) is 62.4 Å². The Labute approximate surface area is 390 Å². The molecule has 2 aliphatic heterocycles. The van der Waals surface area contributed by atoms with Crippen molar-refractivity contribution in [3.63, 3.8) is 0 Å². The van der Waals surface area contributed by atoms with Gasteiger partial charge in [-0.05, 0) is 124 Å². The van der Waals surface area contributed by atoms with Gasteiger partial charge >= 0.3 is 19.5 Å². The molecule has 0 unspecified atom stereocenters. The molecule has 4 atom stereocenters. The minimum absolute atomic E-state index is 0.0279. The molecule has 0 radical (unpaired) electrons. The number of imide groups is 1. The van der Waals surface area contributed by atoms with E-state index in [0.29, 0.717) is 45.0 Å². The number of phenols is 1. The molecule has 3 aliphatic rings. The predicted molar refractivity (Wildman–Crippen MR) is 247 cm³/mol. The van der Waals surface area contributed by atoms with Crippen LogP contribution in [-0.2, 0) is 31.0 Å². The molecule has 1 aliphatic carbocycles. The number of phenolic OH excluding ortho intramolecular Hbond substituents is 1. The van der Waals surface area contributed by atoms with Crippen molar-refractivity contribution in [2.75, 3.05) is 11.5 Å². The van der Waals surface area contributed by atoms with Gasteiger partial charge in [0.2, 0.25) is 11.8 Å². The lowest BCUT2D eigenvalue weighted by atomic mass is 9.58. The average molecular weight is 959 g/mol. The summed E-state index contributed by atoms with van der Waals surface area (Å²) in [5, 5.41) is 23.2. The van der Waals surface area contributed by atoms with E-state index in [0.717, 1.165) is 10.4 Å². The van der Waals surface area contributed by atoms with Crippen LogP contribution in [0.2, 0.25) is 16.4 Å². The monoisotopic (exact) mass is 958 g/mol. The summed E-state index contributed by atoms with van der Waals surface area (Å²) in [7, 11) is -4.75. The Bertz CT molecular complexity index is 2650. The Kier molecular flexibility index (Phi) is 13.3. The van der Waals surface area contributed by atoms with Gasteiger partial charge in [-0.15, -0.1) is 0 Å². The largest absolute Gasteiger partial charge is 0.508 e. The van der Waals surface area contributed by atoms with Crippen molar-refractivity contribution in [3.05, 3.63) is 160 Å². The number of nitrogens with zero attached hydrogens (tertiary/aromatic N) is 2. The molecule has 67 heavy (non-hydrogen) atoms. The lowest BCUT2D eigenvalue weighted by molar-refractivity contribution is -0.143. The zero-order chi connectivity index (χ0) is 48.1. The zero-order valence-electron chi connectivity index (χ0n) is 36.6. The van der Waals surface area contributed by atoms with E-state index < -0.39 is 85.3 Å². The van der Waals surface area contributed by atoms with Crippen LogP contribution in [0.25, 0.3) is 11.6 Å². The van der Waals surface area contributed by atoms with Gasteiger partial charge in [0.1, 0.15) is 5.75 Å². The van der Waals surface area contributed by atoms with E-state index in [1.807, 2.05) is 78.9 Å². The van der Waals surface area contributed by atoms with Gasteiger partial charge in [0.25, 0.3) is 8.32 Å². The topological polar surface area (TPSA) is 109 Å². The van der Waals surface area contributed by atoms with Crippen molar-refractivity contribution in [2.24, 2.45) is 17.8 Å². The lowest BCUT2D eigenvalue weighted by Crippen LogP contribution is -2.66. The van der Waals surface area contributed by atoms with Gasteiger partial charge < -0.3 is 19.2 Å². The molecule has 17 heteroatoms. The first-order valence-corrected chi connectivity index (χ1v) is 24.0. The van der Waals surface area contributed by atoms with Crippen molar-refractivity contribution in [2.45, 2.75) is 69.8 Å². The van der Waals surface area contributed by atoms with Gasteiger partial charge in [0.15, 0.2) is 0 Å². The molecular weight excluding hydrogens is 913 g/mol. The number of halogens is 7. The summed E-state index contributed by atoms with van der Waals surface area (Å²) < 4.78 is 98.6. The molecule has 0 saturated carbocycles. The number of aromatic hydroxyl groups is 1. The number of anilines is 1. The quantitative estimate of drug-likeness (QED) is 0.0587. The lowest BCUT2D eigenvalue weighted by Gasteiger charge is -2.46. The number of amides is 2. The fourth-order valence-electron chi connectivity index (χ4n) is 10.1. The number of allylic oxidation sites excluding steroid dienone is 1. The summed E-state index contributed by atoms with van der Waals surface area (Å²) in [5.74, 6) is -5.35. The fraction of sp³-hybridized carbons (Fsp3) is 0.300. The molecular formula is C50H46BClF6N2O6Si. The average Bonchev–Trinajstić information content (AvgIpc) is 3.53. The van der Waals surface area contributed by atoms with E-state index >= 15 is 0 Å². The third kappa shape index (κ3) is 9.51. The van der Waals surface area contributed by atoms with Crippen LogP contribution in [0.15, 0.2) is 133 Å². The molecule has 2 N–H and O–H groups in total. The highest BCUT2D eigenvalue weighted by atomic mass is 35.5. The predicted octanol–water partition coefficient (Wildman–Crippen LogP) is 10.4. The number of hydrogen-bond donors (Lipinski definition) is 2. The van der Waals surface area contributed by atoms with Gasteiger partial charge in [-0.2, -0.15) is 26.3 Å². The van der Waals surface area contributed by atoms with E-state index in [2.05, 4.69) is 25.8 Å². The van der Waals surface area contributed by atoms with Crippen LogP contribution < -0.4 is 15.3 Å². The summed E-state index contributed by atoms with van der Waals surface area (Å²) in [6.45, 7) is 6.19. The molecule has 8 nitrogen and oxygen atoms in total. The van der Waals surface area contributed by atoms with E-state index in [4.69, 9.17) is 20.7 Å². The maximum atomic E-state index is 14.7. The highest BCUT2D eigenvalue weighted by molar-refractivity contribution is 6.99. The molecule has 1 aromatic heterocycles.